The summed E-state index contributed by atoms with van der Waals surface area (Å²) in [6.07, 6.45) is 4.88. The molecule has 1 amide bonds. The van der Waals surface area contributed by atoms with Crippen molar-refractivity contribution in [2.45, 2.75) is 32.1 Å². The van der Waals surface area contributed by atoms with Crippen LogP contribution in [0.25, 0.3) is 10.1 Å². The lowest BCUT2D eigenvalue weighted by Crippen LogP contribution is -2.19. The van der Waals surface area contributed by atoms with Crippen LogP contribution in [0.3, 0.4) is 0 Å². The summed E-state index contributed by atoms with van der Waals surface area (Å²) in [6, 6.07) is 11.8. The van der Waals surface area contributed by atoms with Gasteiger partial charge in [-0.1, -0.05) is 55.1 Å². The van der Waals surface area contributed by atoms with Crippen LogP contribution < -0.4 is 5.32 Å². The number of ketones is 1. The molecule has 1 aliphatic carbocycles. The van der Waals surface area contributed by atoms with E-state index in [2.05, 4.69) is 5.32 Å². The second-order valence-electron chi connectivity index (χ2n) is 7.46. The Labute approximate surface area is 182 Å². The normalized spacial score (nSPS) is 14.6. The number of carbonyl (C=O) groups is 3. The van der Waals surface area contributed by atoms with Crippen molar-refractivity contribution in [3.8, 4) is 0 Å². The maximum Gasteiger partial charge on any atom is 0.337 e. The summed E-state index contributed by atoms with van der Waals surface area (Å²) in [7, 11) is 0. The Hall–Kier alpha value is -2.70. The predicted molar refractivity (Wildman–Crippen MR) is 119 cm³/mol. The highest BCUT2D eigenvalue weighted by Crippen LogP contribution is 2.36. The number of anilines is 1. The SMILES string of the molecule is O=C(O)c1ccc(C(=O)C2CCCCC2)cc1NC(=O)c1sc2ccccc2c1Cl. The van der Waals surface area contributed by atoms with Crippen molar-refractivity contribution < 1.29 is 19.5 Å². The minimum absolute atomic E-state index is 0.00188. The van der Waals surface area contributed by atoms with Gasteiger partial charge >= 0.3 is 5.97 Å². The summed E-state index contributed by atoms with van der Waals surface area (Å²) in [5, 5.41) is 13.3. The van der Waals surface area contributed by atoms with Crippen LogP contribution in [0.15, 0.2) is 42.5 Å². The number of rotatable bonds is 5. The molecule has 1 aromatic heterocycles. The van der Waals surface area contributed by atoms with E-state index in [-0.39, 0.29) is 23.0 Å². The van der Waals surface area contributed by atoms with E-state index in [9.17, 15) is 19.5 Å². The summed E-state index contributed by atoms with van der Waals surface area (Å²) < 4.78 is 0.868. The van der Waals surface area contributed by atoms with Gasteiger partial charge in [0.05, 0.1) is 16.3 Å². The van der Waals surface area contributed by atoms with Crippen molar-refractivity contribution in [2.75, 3.05) is 5.32 Å². The number of halogens is 1. The standard InChI is InChI=1S/C23H20ClNO4S/c24-19-16-8-4-5-9-18(16)30-21(19)22(27)25-17-12-14(10-11-15(17)23(28)29)20(26)13-6-2-1-3-7-13/h4-5,8-13H,1-3,6-7H2,(H,25,27)(H,28,29). The average molecular weight is 442 g/mol. The average Bonchev–Trinajstić information content (AvgIpc) is 3.10. The predicted octanol–water partition coefficient (Wildman–Crippen LogP) is 6.27. The van der Waals surface area contributed by atoms with Gasteiger partial charge in [0.1, 0.15) is 4.88 Å². The van der Waals surface area contributed by atoms with E-state index in [1.54, 1.807) is 0 Å². The molecule has 0 radical (unpaired) electrons. The second-order valence-corrected chi connectivity index (χ2v) is 8.89. The van der Waals surface area contributed by atoms with Crippen molar-refractivity contribution in [3.05, 3.63) is 63.5 Å². The van der Waals surface area contributed by atoms with Crippen LogP contribution in [0.1, 0.15) is 62.5 Å². The maximum absolute atomic E-state index is 12.9. The van der Waals surface area contributed by atoms with Gasteiger partial charge in [0.2, 0.25) is 0 Å². The molecule has 0 bridgehead atoms. The van der Waals surface area contributed by atoms with E-state index >= 15 is 0 Å². The fourth-order valence-corrected chi connectivity index (χ4v) is 5.34. The van der Waals surface area contributed by atoms with Crippen LogP contribution >= 0.6 is 22.9 Å². The number of Topliss-reactive ketones (excluding diaryl/α,β-unsaturated/α-hetero) is 1. The lowest BCUT2D eigenvalue weighted by atomic mass is 9.83. The first-order valence-electron chi connectivity index (χ1n) is 9.85. The third kappa shape index (κ3) is 3.98. The zero-order chi connectivity index (χ0) is 21.3. The van der Waals surface area contributed by atoms with E-state index < -0.39 is 11.9 Å². The molecular weight excluding hydrogens is 422 g/mol. The molecule has 30 heavy (non-hydrogen) atoms. The summed E-state index contributed by atoms with van der Waals surface area (Å²) >= 11 is 7.62. The van der Waals surface area contributed by atoms with Gasteiger partial charge in [-0.05, 0) is 31.0 Å². The zero-order valence-electron chi connectivity index (χ0n) is 16.1. The lowest BCUT2D eigenvalue weighted by molar-refractivity contribution is 0.0697. The van der Waals surface area contributed by atoms with E-state index in [0.29, 0.717) is 15.5 Å². The lowest BCUT2D eigenvalue weighted by Gasteiger charge is -2.20. The van der Waals surface area contributed by atoms with Crippen LogP contribution in [0.2, 0.25) is 5.02 Å². The number of aromatic carboxylic acids is 1. The molecule has 2 N–H and O–H groups in total. The van der Waals surface area contributed by atoms with Crippen LogP contribution in [0.5, 0.6) is 0 Å². The van der Waals surface area contributed by atoms with E-state index in [1.807, 2.05) is 24.3 Å². The highest BCUT2D eigenvalue weighted by molar-refractivity contribution is 7.21. The third-order valence-electron chi connectivity index (χ3n) is 5.50. The number of carboxylic acids is 1. The molecule has 1 saturated carbocycles. The molecule has 5 nitrogen and oxygen atoms in total. The van der Waals surface area contributed by atoms with Crippen molar-refractivity contribution in [1.82, 2.24) is 0 Å². The monoisotopic (exact) mass is 441 g/mol. The van der Waals surface area contributed by atoms with Crippen LogP contribution in [-0.2, 0) is 0 Å². The van der Waals surface area contributed by atoms with Gasteiger partial charge in [0.15, 0.2) is 5.78 Å². The van der Waals surface area contributed by atoms with E-state index in [4.69, 9.17) is 11.6 Å². The Morgan fingerprint density at radius 2 is 1.77 bits per heavy atom. The number of hydrogen-bond donors (Lipinski definition) is 2. The Bertz CT molecular complexity index is 1150. The molecule has 4 rings (SSSR count). The van der Waals surface area contributed by atoms with Crippen molar-refractivity contribution in [1.29, 1.82) is 0 Å². The number of fused-ring (bicyclic) bond motifs is 1. The molecule has 1 aliphatic rings. The molecule has 2 aromatic carbocycles. The number of carbonyl (C=O) groups excluding carboxylic acids is 2. The number of thiophene rings is 1. The molecule has 0 atom stereocenters. The quantitative estimate of drug-likeness (QED) is 0.457. The molecule has 1 heterocycles. The van der Waals surface area contributed by atoms with Gasteiger partial charge in [-0.25, -0.2) is 4.79 Å². The van der Waals surface area contributed by atoms with E-state index in [0.717, 1.165) is 42.2 Å². The fraction of sp³-hybridized carbons (Fsp3) is 0.261. The smallest absolute Gasteiger partial charge is 0.337 e. The van der Waals surface area contributed by atoms with Gasteiger partial charge in [0.25, 0.3) is 5.91 Å². The second kappa shape index (κ2) is 8.58. The van der Waals surface area contributed by atoms with Crippen molar-refractivity contribution in [2.24, 2.45) is 5.92 Å². The van der Waals surface area contributed by atoms with Gasteiger partial charge < -0.3 is 10.4 Å². The molecule has 154 valence electrons. The maximum atomic E-state index is 12.9. The van der Waals surface area contributed by atoms with Gasteiger partial charge in [-0.15, -0.1) is 11.3 Å². The van der Waals surface area contributed by atoms with Gasteiger partial charge in [0, 0.05) is 21.6 Å². The van der Waals surface area contributed by atoms with E-state index in [1.165, 1.54) is 29.5 Å². The first-order valence-corrected chi connectivity index (χ1v) is 11.0. The Kier molecular flexibility index (Phi) is 5.88. The molecule has 7 heteroatoms. The highest BCUT2D eigenvalue weighted by atomic mass is 35.5. The first kappa shape index (κ1) is 20.6. The topological polar surface area (TPSA) is 83.5 Å². The largest absolute Gasteiger partial charge is 0.478 e. The minimum atomic E-state index is -1.18. The Morgan fingerprint density at radius 3 is 2.47 bits per heavy atom. The molecule has 0 aliphatic heterocycles. The van der Waals surface area contributed by atoms with Crippen LogP contribution in [0.4, 0.5) is 5.69 Å². The fourth-order valence-electron chi connectivity index (χ4n) is 3.93. The number of benzene rings is 2. The van der Waals surface area contributed by atoms with Crippen LogP contribution in [0, 0.1) is 5.92 Å². The number of carboxylic acid groups (broad SMARTS) is 1. The highest BCUT2D eigenvalue weighted by Gasteiger charge is 2.25. The molecule has 3 aromatic rings. The summed E-state index contributed by atoms with van der Waals surface area (Å²) in [4.78, 5) is 37.8. The summed E-state index contributed by atoms with van der Waals surface area (Å²) in [6.45, 7) is 0. The summed E-state index contributed by atoms with van der Waals surface area (Å²) in [5.41, 5.74) is 0.452. The third-order valence-corrected chi connectivity index (χ3v) is 7.17. The van der Waals surface area contributed by atoms with Crippen LogP contribution in [-0.4, -0.2) is 22.8 Å². The number of amides is 1. The zero-order valence-corrected chi connectivity index (χ0v) is 17.7. The van der Waals surface area contributed by atoms with Gasteiger partial charge in [-0.2, -0.15) is 0 Å². The van der Waals surface area contributed by atoms with Gasteiger partial charge in [-0.3, -0.25) is 9.59 Å². The summed E-state index contributed by atoms with van der Waals surface area (Å²) in [5.74, 6) is -1.72. The Balaban J connectivity index is 1.66. The molecule has 0 spiro atoms. The molecule has 1 fully saturated rings. The minimum Gasteiger partial charge on any atom is -0.478 e. The Morgan fingerprint density at radius 1 is 1.03 bits per heavy atom. The number of hydrogen-bond acceptors (Lipinski definition) is 4. The van der Waals surface area contributed by atoms with Crippen molar-refractivity contribution >= 4 is 56.4 Å². The molecular formula is C23H20ClNO4S. The molecule has 0 unspecified atom stereocenters. The molecule has 0 saturated heterocycles. The van der Waals surface area contributed by atoms with Crippen molar-refractivity contribution in [3.63, 3.8) is 0 Å². The first-order chi connectivity index (χ1) is 14.5. The number of nitrogens with one attached hydrogen (secondary N) is 1.